The third-order valence-corrected chi connectivity index (χ3v) is 5.41. The molecule has 1 heterocycles. The molecule has 0 spiro atoms. The van der Waals surface area contributed by atoms with Crippen molar-refractivity contribution in [1.82, 2.24) is 9.97 Å². The first-order chi connectivity index (χ1) is 16.1. The smallest absolute Gasteiger partial charge is 0.433 e. The van der Waals surface area contributed by atoms with E-state index in [-0.39, 0.29) is 28.0 Å². The summed E-state index contributed by atoms with van der Waals surface area (Å²) in [6.45, 7) is 3.46. The summed E-state index contributed by atoms with van der Waals surface area (Å²) in [5, 5.41) is 12.6. The Balaban J connectivity index is 1.84. The fourth-order valence-corrected chi connectivity index (χ4v) is 3.63. The van der Waals surface area contributed by atoms with E-state index in [0.717, 1.165) is 6.07 Å². The highest BCUT2D eigenvalue weighted by Crippen LogP contribution is 2.34. The molecule has 0 aliphatic rings. The number of rotatable bonds is 8. The number of nitrogens with one attached hydrogen (secondary N) is 1. The van der Waals surface area contributed by atoms with Crippen LogP contribution in [-0.2, 0) is 11.0 Å². The maximum atomic E-state index is 13.4. The van der Waals surface area contributed by atoms with Crippen LogP contribution in [-0.4, -0.2) is 32.7 Å². The van der Waals surface area contributed by atoms with Crippen molar-refractivity contribution in [3.8, 4) is 17.0 Å². The van der Waals surface area contributed by atoms with E-state index in [1.54, 1.807) is 37.3 Å². The van der Waals surface area contributed by atoms with E-state index >= 15 is 0 Å². The van der Waals surface area contributed by atoms with Crippen molar-refractivity contribution in [3.05, 3.63) is 70.4 Å². The lowest BCUT2D eigenvalue weighted by Gasteiger charge is -2.14. The van der Waals surface area contributed by atoms with Gasteiger partial charge in [-0.25, -0.2) is 9.97 Å². The number of anilines is 1. The van der Waals surface area contributed by atoms with E-state index in [1.165, 1.54) is 25.1 Å². The highest BCUT2D eigenvalue weighted by atomic mass is 32.2. The Morgan fingerprint density at radius 1 is 1.18 bits per heavy atom. The molecule has 0 radical (unpaired) electrons. The van der Waals surface area contributed by atoms with E-state index < -0.39 is 28.0 Å². The van der Waals surface area contributed by atoms with Gasteiger partial charge in [-0.05, 0) is 32.0 Å². The van der Waals surface area contributed by atoms with Crippen molar-refractivity contribution in [1.29, 1.82) is 0 Å². The molecule has 12 heteroatoms. The van der Waals surface area contributed by atoms with Crippen LogP contribution in [0.5, 0.6) is 5.75 Å². The second kappa shape index (κ2) is 10.5. The lowest BCUT2D eigenvalue weighted by atomic mass is 10.1. The first-order valence-corrected chi connectivity index (χ1v) is 10.9. The van der Waals surface area contributed by atoms with Crippen LogP contribution < -0.4 is 10.1 Å². The standard InChI is InChI=1S/C22H19F3N4O4S/c1-3-33-15-9-10-16(18(11-15)29(31)32)26-20(30)13(2)34-21-27-17(14-7-5-4-6-8-14)12-19(28-21)22(23,24)25/h4-13H,3H2,1-2H3,(H,26,30)/t13-/m0/s1. The van der Waals surface area contributed by atoms with Gasteiger partial charge in [0.25, 0.3) is 5.69 Å². The summed E-state index contributed by atoms with van der Waals surface area (Å²) in [6, 6.07) is 13.1. The largest absolute Gasteiger partial charge is 0.494 e. The number of carbonyl (C=O) groups is 1. The Hall–Kier alpha value is -3.67. The number of thioether (sulfide) groups is 1. The molecule has 0 bridgehead atoms. The van der Waals surface area contributed by atoms with E-state index in [1.807, 2.05) is 0 Å². The summed E-state index contributed by atoms with van der Waals surface area (Å²) in [7, 11) is 0. The fraction of sp³-hybridized carbons (Fsp3) is 0.227. The van der Waals surface area contributed by atoms with Crippen LogP contribution in [0.1, 0.15) is 19.5 Å². The molecule has 178 valence electrons. The molecule has 3 rings (SSSR count). The zero-order valence-corrected chi connectivity index (χ0v) is 18.8. The van der Waals surface area contributed by atoms with E-state index in [9.17, 15) is 28.1 Å². The molecule has 34 heavy (non-hydrogen) atoms. The number of benzene rings is 2. The second-order valence-electron chi connectivity index (χ2n) is 6.90. The minimum atomic E-state index is -4.71. The number of carbonyl (C=O) groups excluding carboxylic acids is 1. The molecule has 1 aromatic heterocycles. The maximum absolute atomic E-state index is 13.4. The topological polar surface area (TPSA) is 107 Å². The zero-order chi connectivity index (χ0) is 24.9. The fourth-order valence-electron chi connectivity index (χ4n) is 2.85. The lowest BCUT2D eigenvalue weighted by molar-refractivity contribution is -0.384. The number of nitro benzene ring substituents is 1. The van der Waals surface area contributed by atoms with Gasteiger partial charge in [-0.15, -0.1) is 0 Å². The van der Waals surface area contributed by atoms with Gasteiger partial charge >= 0.3 is 6.18 Å². The molecule has 1 amide bonds. The number of aromatic nitrogens is 2. The van der Waals surface area contributed by atoms with Crippen LogP contribution in [0.4, 0.5) is 24.5 Å². The summed E-state index contributed by atoms with van der Waals surface area (Å²) in [5.74, 6) is -0.403. The normalized spacial score (nSPS) is 12.1. The van der Waals surface area contributed by atoms with E-state index in [4.69, 9.17) is 4.74 Å². The lowest BCUT2D eigenvalue weighted by Crippen LogP contribution is -2.23. The van der Waals surface area contributed by atoms with Gasteiger partial charge in [0.15, 0.2) is 5.16 Å². The summed E-state index contributed by atoms with van der Waals surface area (Å²) >= 11 is 0.707. The molecule has 1 atom stereocenters. The van der Waals surface area contributed by atoms with Crippen molar-refractivity contribution in [3.63, 3.8) is 0 Å². The maximum Gasteiger partial charge on any atom is 0.433 e. The molecular formula is C22H19F3N4O4S. The van der Waals surface area contributed by atoms with Crippen molar-refractivity contribution < 1.29 is 27.6 Å². The van der Waals surface area contributed by atoms with Gasteiger partial charge in [0.05, 0.1) is 28.5 Å². The van der Waals surface area contributed by atoms with Crippen molar-refractivity contribution in [2.75, 3.05) is 11.9 Å². The zero-order valence-electron chi connectivity index (χ0n) is 18.0. The van der Waals surface area contributed by atoms with Gasteiger partial charge in [0, 0.05) is 5.56 Å². The van der Waals surface area contributed by atoms with Crippen LogP contribution in [0.3, 0.4) is 0 Å². The summed E-state index contributed by atoms with van der Waals surface area (Å²) in [4.78, 5) is 31.1. The number of amides is 1. The van der Waals surface area contributed by atoms with Crippen LogP contribution in [0, 0.1) is 10.1 Å². The molecule has 0 aliphatic carbocycles. The minimum absolute atomic E-state index is 0.0557. The van der Waals surface area contributed by atoms with Gasteiger partial charge in [0.1, 0.15) is 17.1 Å². The molecule has 0 unspecified atom stereocenters. The van der Waals surface area contributed by atoms with Crippen molar-refractivity contribution in [2.45, 2.75) is 30.4 Å². The van der Waals surface area contributed by atoms with Crippen LogP contribution in [0.2, 0.25) is 0 Å². The Morgan fingerprint density at radius 3 is 2.50 bits per heavy atom. The van der Waals surface area contributed by atoms with Crippen LogP contribution in [0.15, 0.2) is 59.8 Å². The highest BCUT2D eigenvalue weighted by molar-refractivity contribution is 8.00. The van der Waals surface area contributed by atoms with Gasteiger partial charge < -0.3 is 10.1 Å². The van der Waals surface area contributed by atoms with Gasteiger partial charge in [-0.1, -0.05) is 42.1 Å². The number of alkyl halides is 3. The average Bonchev–Trinajstić information content (AvgIpc) is 2.79. The number of hydrogen-bond acceptors (Lipinski definition) is 7. The third kappa shape index (κ3) is 6.22. The monoisotopic (exact) mass is 492 g/mol. The SMILES string of the molecule is CCOc1ccc(NC(=O)[C@H](C)Sc2nc(-c3ccccc3)cc(C(F)(F)F)n2)c([N+](=O)[O-])c1. The van der Waals surface area contributed by atoms with Crippen LogP contribution in [0.25, 0.3) is 11.3 Å². The minimum Gasteiger partial charge on any atom is -0.494 e. The van der Waals surface area contributed by atoms with Crippen molar-refractivity contribution >= 4 is 29.0 Å². The number of hydrogen-bond donors (Lipinski definition) is 1. The Bertz CT molecular complexity index is 1190. The predicted octanol–water partition coefficient (Wildman–Crippen LogP) is 5.59. The predicted molar refractivity (Wildman–Crippen MR) is 121 cm³/mol. The molecule has 0 saturated carbocycles. The second-order valence-corrected chi connectivity index (χ2v) is 8.21. The number of nitro groups is 1. The molecule has 2 aromatic carbocycles. The van der Waals surface area contributed by atoms with Gasteiger partial charge in [-0.3, -0.25) is 14.9 Å². The number of nitrogens with zero attached hydrogens (tertiary/aromatic N) is 3. The van der Waals surface area contributed by atoms with E-state index in [2.05, 4.69) is 15.3 Å². The van der Waals surface area contributed by atoms with E-state index in [0.29, 0.717) is 23.9 Å². The third-order valence-electron chi connectivity index (χ3n) is 4.45. The number of halogens is 3. The van der Waals surface area contributed by atoms with Gasteiger partial charge in [-0.2, -0.15) is 13.2 Å². The summed E-state index contributed by atoms with van der Waals surface area (Å²) in [6.07, 6.45) is -4.71. The first kappa shape index (κ1) is 25.0. The molecule has 0 saturated heterocycles. The first-order valence-electron chi connectivity index (χ1n) is 9.99. The Morgan fingerprint density at radius 2 is 1.88 bits per heavy atom. The summed E-state index contributed by atoms with van der Waals surface area (Å²) in [5.41, 5.74) is -1.07. The van der Waals surface area contributed by atoms with Crippen molar-refractivity contribution in [2.24, 2.45) is 0 Å². The summed E-state index contributed by atoms with van der Waals surface area (Å²) < 4.78 is 45.4. The molecule has 1 N–H and O–H groups in total. The molecular weight excluding hydrogens is 473 g/mol. The van der Waals surface area contributed by atoms with Crippen LogP contribution >= 0.6 is 11.8 Å². The average molecular weight is 492 g/mol. The number of ether oxygens (including phenoxy) is 1. The Kier molecular flexibility index (Phi) is 7.72. The Labute approximate surface area is 196 Å². The molecule has 8 nitrogen and oxygen atoms in total. The van der Waals surface area contributed by atoms with Gasteiger partial charge in [0.2, 0.25) is 5.91 Å². The quantitative estimate of drug-likeness (QED) is 0.189. The molecule has 0 aliphatic heterocycles. The highest BCUT2D eigenvalue weighted by Gasteiger charge is 2.34. The molecule has 0 fully saturated rings. The molecule has 3 aromatic rings.